The molecule has 4 nitrogen and oxygen atoms in total. The minimum absolute atomic E-state index is 0.135. The van der Waals surface area contributed by atoms with E-state index in [0.717, 1.165) is 21.3 Å². The molecule has 0 N–H and O–H groups in total. The Bertz CT molecular complexity index is 1470. The summed E-state index contributed by atoms with van der Waals surface area (Å²) < 4.78 is 19.9. The third kappa shape index (κ3) is 6.27. The van der Waals surface area contributed by atoms with Crippen LogP contribution in [0.5, 0.6) is 5.75 Å². The van der Waals surface area contributed by atoms with E-state index in [9.17, 15) is 9.18 Å². The van der Waals surface area contributed by atoms with Crippen LogP contribution in [0.2, 0.25) is 5.02 Å². The normalized spacial score (nSPS) is 10.3. The average Bonchev–Trinajstić information content (AvgIpc) is 3.39. The van der Waals surface area contributed by atoms with Gasteiger partial charge in [-0.3, -0.25) is 4.79 Å². The van der Waals surface area contributed by atoms with Crippen LogP contribution in [0.3, 0.4) is 0 Å². The Hall–Kier alpha value is -3.74. The molecule has 0 unspecified atom stereocenters. The largest absolute Gasteiger partial charge is 0.497 e. The summed E-state index contributed by atoms with van der Waals surface area (Å²) in [7, 11) is 1.59. The highest BCUT2D eigenvalue weighted by Crippen LogP contribution is 2.29. The molecule has 1 aromatic heterocycles. The van der Waals surface area contributed by atoms with Gasteiger partial charge in [0, 0.05) is 32.5 Å². The number of hydrogen-bond donors (Lipinski definition) is 0. The summed E-state index contributed by atoms with van der Waals surface area (Å²) >= 11 is 9.44. The monoisotopic (exact) mass is 562 g/mol. The van der Waals surface area contributed by atoms with E-state index in [0.29, 0.717) is 22.0 Å². The maximum atomic E-state index is 12.7. The standard InChI is InChI=1S/C23H17ClN2O2.C6H4BrF/c1-28-19-11-9-16(10-12-19)23(27)22-14-26(15-25-22)18-6-4-5-17(13-18)20-7-2-3-8-21(20)24;7-5-2-1-3-6(8)4-5/h2-15H,1H3;1-4H. The van der Waals surface area contributed by atoms with Gasteiger partial charge in [0.2, 0.25) is 5.78 Å². The fourth-order valence-electron chi connectivity index (χ4n) is 3.46. The molecule has 4 aromatic carbocycles. The number of aromatic nitrogens is 2. The lowest BCUT2D eigenvalue weighted by Gasteiger charge is -2.07. The lowest BCUT2D eigenvalue weighted by Crippen LogP contribution is -2.01. The molecule has 0 amide bonds. The van der Waals surface area contributed by atoms with Crippen LogP contribution in [-0.4, -0.2) is 22.4 Å². The smallest absolute Gasteiger partial charge is 0.212 e. The van der Waals surface area contributed by atoms with Crippen molar-refractivity contribution < 1.29 is 13.9 Å². The molecule has 0 bridgehead atoms. The molecule has 0 aliphatic heterocycles. The summed E-state index contributed by atoms with van der Waals surface area (Å²) in [4.78, 5) is 17.0. The fourth-order valence-corrected chi connectivity index (χ4v) is 4.08. The van der Waals surface area contributed by atoms with Crippen LogP contribution >= 0.6 is 27.5 Å². The zero-order valence-electron chi connectivity index (χ0n) is 19.2. The number of rotatable bonds is 5. The number of nitrogens with zero attached hydrogens (tertiary/aromatic N) is 2. The zero-order valence-corrected chi connectivity index (χ0v) is 21.6. The van der Waals surface area contributed by atoms with Gasteiger partial charge in [-0.25, -0.2) is 9.37 Å². The number of imidazole rings is 1. The number of methoxy groups -OCH3 is 1. The first-order valence-electron chi connectivity index (χ1n) is 10.9. The van der Waals surface area contributed by atoms with Crippen molar-refractivity contribution in [3.63, 3.8) is 0 Å². The first-order valence-corrected chi connectivity index (χ1v) is 12.1. The van der Waals surface area contributed by atoms with E-state index in [1.54, 1.807) is 56.0 Å². The quantitative estimate of drug-likeness (QED) is 0.203. The number of ketones is 1. The molecular formula is C29H21BrClFN2O2. The Kier molecular flexibility index (Phi) is 8.31. The summed E-state index contributed by atoms with van der Waals surface area (Å²) in [5, 5.41) is 0.695. The molecule has 1 heterocycles. The van der Waals surface area contributed by atoms with E-state index in [-0.39, 0.29) is 11.6 Å². The summed E-state index contributed by atoms with van der Waals surface area (Å²) in [6, 6.07) is 28.9. The lowest BCUT2D eigenvalue weighted by molar-refractivity contribution is 0.103. The maximum Gasteiger partial charge on any atom is 0.212 e. The third-order valence-corrected chi connectivity index (χ3v) is 6.11. The number of benzene rings is 4. The minimum atomic E-state index is -0.209. The predicted octanol–water partition coefficient (Wildman–Crippen LogP) is 8.02. The van der Waals surface area contributed by atoms with Crippen LogP contribution in [0.15, 0.2) is 114 Å². The molecule has 0 atom stereocenters. The van der Waals surface area contributed by atoms with Gasteiger partial charge in [0.25, 0.3) is 0 Å². The van der Waals surface area contributed by atoms with Gasteiger partial charge >= 0.3 is 0 Å². The highest BCUT2D eigenvalue weighted by Gasteiger charge is 2.13. The van der Waals surface area contributed by atoms with Crippen molar-refractivity contribution in [2.75, 3.05) is 7.11 Å². The van der Waals surface area contributed by atoms with E-state index in [1.807, 2.05) is 53.1 Å². The number of carbonyl (C=O) groups excluding carboxylic acids is 1. The molecule has 0 aliphatic rings. The summed E-state index contributed by atoms with van der Waals surface area (Å²) in [6.07, 6.45) is 3.38. The molecule has 0 fully saturated rings. The van der Waals surface area contributed by atoms with Crippen LogP contribution in [0.4, 0.5) is 4.39 Å². The second-order valence-corrected chi connectivity index (χ2v) is 9.02. The number of halogens is 3. The van der Waals surface area contributed by atoms with Crippen LogP contribution in [0, 0.1) is 5.82 Å². The zero-order chi connectivity index (χ0) is 25.5. The second kappa shape index (κ2) is 11.8. The van der Waals surface area contributed by atoms with Gasteiger partial charge < -0.3 is 9.30 Å². The molecule has 0 spiro atoms. The molecule has 5 rings (SSSR count). The molecule has 0 saturated heterocycles. The van der Waals surface area contributed by atoms with E-state index < -0.39 is 0 Å². The Labute approximate surface area is 222 Å². The van der Waals surface area contributed by atoms with Crippen molar-refractivity contribution in [1.82, 2.24) is 9.55 Å². The summed E-state index contributed by atoms with van der Waals surface area (Å²) in [6.45, 7) is 0. The molecule has 5 aromatic rings. The predicted molar refractivity (Wildman–Crippen MR) is 145 cm³/mol. The van der Waals surface area contributed by atoms with Crippen LogP contribution in [0.1, 0.15) is 16.1 Å². The van der Waals surface area contributed by atoms with Gasteiger partial charge in [-0.2, -0.15) is 0 Å². The highest BCUT2D eigenvalue weighted by molar-refractivity contribution is 9.10. The van der Waals surface area contributed by atoms with E-state index in [2.05, 4.69) is 20.9 Å². The van der Waals surface area contributed by atoms with Crippen molar-refractivity contribution >= 4 is 33.3 Å². The SMILES string of the molecule is COc1ccc(C(=O)c2cn(-c3cccc(-c4ccccc4Cl)c3)cn2)cc1.Fc1cccc(Br)c1. The van der Waals surface area contributed by atoms with Crippen molar-refractivity contribution in [2.24, 2.45) is 0 Å². The van der Waals surface area contributed by atoms with E-state index in [4.69, 9.17) is 16.3 Å². The minimum Gasteiger partial charge on any atom is -0.497 e. The summed E-state index contributed by atoms with van der Waals surface area (Å²) in [5.74, 6) is 0.363. The Morgan fingerprint density at radius 3 is 2.36 bits per heavy atom. The highest BCUT2D eigenvalue weighted by atomic mass is 79.9. The lowest BCUT2D eigenvalue weighted by atomic mass is 10.1. The Morgan fingerprint density at radius 1 is 0.944 bits per heavy atom. The maximum absolute atomic E-state index is 12.7. The molecule has 0 aliphatic carbocycles. The van der Waals surface area contributed by atoms with Gasteiger partial charge in [0.1, 0.15) is 23.6 Å². The molecular weight excluding hydrogens is 543 g/mol. The first-order chi connectivity index (χ1) is 17.4. The first kappa shape index (κ1) is 25.4. The van der Waals surface area contributed by atoms with E-state index in [1.165, 1.54) is 12.1 Å². The Balaban J connectivity index is 0.000000325. The van der Waals surface area contributed by atoms with Crippen LogP contribution in [-0.2, 0) is 0 Å². The van der Waals surface area contributed by atoms with Crippen molar-refractivity contribution in [2.45, 2.75) is 0 Å². The molecule has 0 saturated carbocycles. The third-order valence-electron chi connectivity index (χ3n) is 5.28. The molecule has 7 heteroatoms. The van der Waals surface area contributed by atoms with Crippen LogP contribution in [0.25, 0.3) is 16.8 Å². The Morgan fingerprint density at radius 2 is 1.69 bits per heavy atom. The van der Waals surface area contributed by atoms with Crippen molar-refractivity contribution in [1.29, 1.82) is 0 Å². The van der Waals surface area contributed by atoms with Crippen molar-refractivity contribution in [3.05, 3.63) is 136 Å². The van der Waals surface area contributed by atoms with E-state index >= 15 is 0 Å². The van der Waals surface area contributed by atoms with Gasteiger partial charge in [0.05, 0.1) is 7.11 Å². The molecule has 0 radical (unpaired) electrons. The second-order valence-electron chi connectivity index (χ2n) is 7.69. The average molecular weight is 564 g/mol. The summed E-state index contributed by atoms with van der Waals surface area (Å²) in [5.41, 5.74) is 3.81. The topological polar surface area (TPSA) is 44.1 Å². The van der Waals surface area contributed by atoms with Crippen LogP contribution < -0.4 is 4.74 Å². The van der Waals surface area contributed by atoms with Crippen molar-refractivity contribution in [3.8, 4) is 22.6 Å². The van der Waals surface area contributed by atoms with Gasteiger partial charge in [0.15, 0.2) is 0 Å². The number of ether oxygens (including phenoxy) is 1. The molecule has 180 valence electrons. The fraction of sp³-hybridized carbons (Fsp3) is 0.0345. The number of carbonyl (C=O) groups is 1. The van der Waals surface area contributed by atoms with Gasteiger partial charge in [-0.15, -0.1) is 0 Å². The molecule has 36 heavy (non-hydrogen) atoms. The number of hydrogen-bond acceptors (Lipinski definition) is 3. The van der Waals surface area contributed by atoms with Gasteiger partial charge in [-0.05, 0) is 66.2 Å². The van der Waals surface area contributed by atoms with Gasteiger partial charge in [-0.1, -0.05) is 63.9 Å².